The molecule has 0 aromatic rings. The van der Waals surface area contributed by atoms with Crippen LogP contribution in [0.1, 0.15) is 0 Å². The number of hydrogen-bond donors (Lipinski definition) is 1. The molecular weight excluding hydrogens is 168 g/mol. The average Bonchev–Trinajstić information content (AvgIpc) is 2.16. The van der Waals surface area contributed by atoms with Gasteiger partial charge in [-0.1, -0.05) is 0 Å². The normalized spacial score (nSPS) is 21.2. The Hall–Kier alpha value is -0.880. The number of allylic oxidation sites excluding steroid dienone is 1. The lowest BCUT2D eigenvalue weighted by Crippen LogP contribution is -2.08. The fraction of sp³-hybridized carbons (Fsp3) is 0.400. The van der Waals surface area contributed by atoms with Gasteiger partial charge in [0.1, 0.15) is 4.91 Å². The number of nitrogens with two attached hydrogens (primary N) is 1. The van der Waals surface area contributed by atoms with E-state index in [0.29, 0.717) is 0 Å². The number of sulfonamides is 1. The molecule has 1 rings (SSSR count). The van der Waals surface area contributed by atoms with E-state index >= 15 is 0 Å². The maximum Gasteiger partial charge on any atom is 0.282 e. The quantitative estimate of drug-likeness (QED) is 0.598. The molecule has 0 aliphatic carbocycles. The van der Waals surface area contributed by atoms with Gasteiger partial charge in [0.2, 0.25) is 0 Å². The van der Waals surface area contributed by atoms with E-state index in [1.165, 1.54) is 7.11 Å². The number of methoxy groups -OCH3 is 1. The van der Waals surface area contributed by atoms with Crippen LogP contribution in [-0.4, -0.2) is 28.3 Å². The molecule has 0 aromatic carbocycles. The van der Waals surface area contributed by atoms with Crippen molar-refractivity contribution in [2.75, 3.05) is 13.7 Å². The Morgan fingerprint density at radius 3 is 2.73 bits per heavy atom. The predicted molar refractivity (Wildman–Crippen MR) is 40.5 cm³/mol. The van der Waals surface area contributed by atoms with Gasteiger partial charge in [-0.2, -0.15) is 12.8 Å². The Balaban J connectivity index is 3.03. The standard InChI is InChI=1S/C5H8N2O3S/c1-10-3-5-4(6)2-7-11(5,8)9/h2H,3,6H2,1H3. The van der Waals surface area contributed by atoms with Crippen molar-refractivity contribution < 1.29 is 13.2 Å². The molecule has 62 valence electrons. The van der Waals surface area contributed by atoms with Gasteiger partial charge in [0, 0.05) is 7.11 Å². The summed E-state index contributed by atoms with van der Waals surface area (Å²) in [4.78, 5) is 0.0417. The van der Waals surface area contributed by atoms with Crippen molar-refractivity contribution >= 4 is 16.2 Å². The van der Waals surface area contributed by atoms with E-state index in [1.54, 1.807) is 0 Å². The minimum absolute atomic E-state index is 0.0197. The van der Waals surface area contributed by atoms with E-state index < -0.39 is 10.0 Å². The average molecular weight is 176 g/mol. The van der Waals surface area contributed by atoms with Crippen LogP contribution in [0.25, 0.3) is 0 Å². The second kappa shape index (κ2) is 2.63. The van der Waals surface area contributed by atoms with Gasteiger partial charge in [0.25, 0.3) is 10.0 Å². The zero-order valence-electron chi connectivity index (χ0n) is 5.94. The molecule has 1 aliphatic rings. The molecule has 11 heavy (non-hydrogen) atoms. The van der Waals surface area contributed by atoms with Gasteiger partial charge in [0.05, 0.1) is 18.5 Å². The van der Waals surface area contributed by atoms with Crippen molar-refractivity contribution in [3.8, 4) is 0 Å². The Kier molecular flexibility index (Phi) is 1.97. The summed E-state index contributed by atoms with van der Waals surface area (Å²) in [6.45, 7) is -0.0197. The molecule has 5 nitrogen and oxygen atoms in total. The predicted octanol–water partition coefficient (Wildman–Crippen LogP) is -0.783. The highest BCUT2D eigenvalue weighted by Crippen LogP contribution is 2.16. The topological polar surface area (TPSA) is 81.8 Å². The molecule has 0 aromatic heterocycles. The second-order valence-corrected chi connectivity index (χ2v) is 3.67. The van der Waals surface area contributed by atoms with Gasteiger partial charge in [-0.15, -0.1) is 0 Å². The zero-order valence-corrected chi connectivity index (χ0v) is 6.76. The lowest BCUT2D eigenvalue weighted by molar-refractivity contribution is 0.230. The summed E-state index contributed by atoms with van der Waals surface area (Å²) in [7, 11) is -2.10. The van der Waals surface area contributed by atoms with E-state index in [-0.39, 0.29) is 17.2 Å². The molecule has 0 saturated carbocycles. The lowest BCUT2D eigenvalue weighted by atomic mass is 10.4. The lowest BCUT2D eigenvalue weighted by Gasteiger charge is -1.98. The molecule has 0 saturated heterocycles. The summed E-state index contributed by atoms with van der Waals surface area (Å²) < 4.78 is 29.7. The molecule has 0 unspecified atom stereocenters. The molecule has 0 atom stereocenters. The molecule has 0 bridgehead atoms. The van der Waals surface area contributed by atoms with Crippen molar-refractivity contribution in [3.63, 3.8) is 0 Å². The third kappa shape index (κ3) is 1.41. The van der Waals surface area contributed by atoms with Crippen LogP contribution in [-0.2, 0) is 14.8 Å². The van der Waals surface area contributed by atoms with Crippen LogP contribution in [0.15, 0.2) is 15.0 Å². The first-order valence-corrected chi connectivity index (χ1v) is 4.30. The SMILES string of the molecule is COCC1=C(N)C=NS1(=O)=O. The summed E-state index contributed by atoms with van der Waals surface area (Å²) in [6.07, 6.45) is 1.11. The van der Waals surface area contributed by atoms with E-state index in [1.807, 2.05) is 0 Å². The second-order valence-electron chi connectivity index (χ2n) is 2.02. The fourth-order valence-corrected chi connectivity index (χ4v) is 1.70. The first kappa shape index (κ1) is 8.22. The Labute approximate surface area is 64.6 Å². The minimum Gasteiger partial charge on any atom is -0.397 e. The maximum absolute atomic E-state index is 10.9. The molecule has 1 aliphatic heterocycles. The van der Waals surface area contributed by atoms with Gasteiger partial charge in [-0.05, 0) is 0 Å². The first-order valence-electron chi connectivity index (χ1n) is 2.86. The smallest absolute Gasteiger partial charge is 0.282 e. The van der Waals surface area contributed by atoms with Gasteiger partial charge in [0.15, 0.2) is 0 Å². The highest BCUT2D eigenvalue weighted by atomic mass is 32.2. The van der Waals surface area contributed by atoms with Crippen LogP contribution in [0.2, 0.25) is 0 Å². The minimum atomic E-state index is -3.50. The van der Waals surface area contributed by atoms with Gasteiger partial charge < -0.3 is 10.5 Å². The molecule has 0 fully saturated rings. The van der Waals surface area contributed by atoms with Crippen molar-refractivity contribution in [1.29, 1.82) is 0 Å². The zero-order chi connectivity index (χ0) is 8.48. The number of rotatable bonds is 2. The highest BCUT2D eigenvalue weighted by Gasteiger charge is 2.23. The van der Waals surface area contributed by atoms with Crippen LogP contribution in [0.4, 0.5) is 0 Å². The van der Waals surface area contributed by atoms with Crippen molar-refractivity contribution in [2.45, 2.75) is 0 Å². The summed E-state index contributed by atoms with van der Waals surface area (Å²) in [5.41, 5.74) is 5.47. The molecule has 2 N–H and O–H groups in total. The fourth-order valence-electron chi connectivity index (χ4n) is 0.700. The van der Waals surface area contributed by atoms with Crippen LogP contribution in [0.5, 0.6) is 0 Å². The Morgan fingerprint density at radius 2 is 2.36 bits per heavy atom. The maximum atomic E-state index is 10.9. The third-order valence-corrected chi connectivity index (χ3v) is 2.60. The van der Waals surface area contributed by atoms with Crippen molar-refractivity contribution in [3.05, 3.63) is 10.6 Å². The molecule has 0 amide bonds. The third-order valence-electron chi connectivity index (χ3n) is 1.24. The summed E-state index contributed by atoms with van der Waals surface area (Å²) in [5, 5.41) is 0. The molecule has 6 heteroatoms. The van der Waals surface area contributed by atoms with Gasteiger partial charge in [-0.25, -0.2) is 0 Å². The van der Waals surface area contributed by atoms with Crippen LogP contribution in [0, 0.1) is 0 Å². The number of hydrogen-bond acceptors (Lipinski definition) is 4. The van der Waals surface area contributed by atoms with Gasteiger partial charge >= 0.3 is 0 Å². The molecular formula is C5H8N2O3S. The molecule has 0 radical (unpaired) electrons. The highest BCUT2D eigenvalue weighted by molar-refractivity contribution is 7.94. The van der Waals surface area contributed by atoms with E-state index in [0.717, 1.165) is 6.21 Å². The van der Waals surface area contributed by atoms with Crippen molar-refractivity contribution in [2.24, 2.45) is 10.1 Å². The van der Waals surface area contributed by atoms with Crippen LogP contribution >= 0.6 is 0 Å². The molecule has 0 spiro atoms. The largest absolute Gasteiger partial charge is 0.397 e. The Bertz CT molecular complexity index is 315. The first-order chi connectivity index (χ1) is 5.08. The van der Waals surface area contributed by atoms with Crippen molar-refractivity contribution in [1.82, 2.24) is 0 Å². The number of nitrogens with zero attached hydrogens (tertiary/aromatic N) is 1. The summed E-state index contributed by atoms with van der Waals surface area (Å²) in [5.74, 6) is 0. The van der Waals surface area contributed by atoms with Crippen LogP contribution in [0.3, 0.4) is 0 Å². The van der Waals surface area contributed by atoms with E-state index in [9.17, 15) is 8.42 Å². The molecule has 1 heterocycles. The van der Waals surface area contributed by atoms with E-state index in [4.69, 9.17) is 5.73 Å². The Morgan fingerprint density at radius 1 is 1.73 bits per heavy atom. The van der Waals surface area contributed by atoms with Crippen LogP contribution < -0.4 is 5.73 Å². The number of ether oxygens (including phenoxy) is 1. The van der Waals surface area contributed by atoms with E-state index in [2.05, 4.69) is 9.13 Å². The monoisotopic (exact) mass is 176 g/mol. The summed E-state index contributed by atoms with van der Waals surface area (Å²) in [6, 6.07) is 0. The summed E-state index contributed by atoms with van der Waals surface area (Å²) >= 11 is 0. The van der Waals surface area contributed by atoms with Gasteiger partial charge in [-0.3, -0.25) is 0 Å².